The lowest BCUT2D eigenvalue weighted by Crippen LogP contribution is -2.27. The molecular formula is C11H12F3N3O2. The van der Waals surface area contributed by atoms with E-state index in [1.165, 1.54) is 17.0 Å². The molecule has 0 aliphatic rings. The van der Waals surface area contributed by atoms with E-state index < -0.39 is 16.7 Å². The normalized spacial score (nSPS) is 11.1. The molecule has 0 unspecified atom stereocenters. The van der Waals surface area contributed by atoms with Crippen molar-refractivity contribution in [1.82, 2.24) is 4.90 Å². The molecule has 0 saturated heterocycles. The van der Waals surface area contributed by atoms with Gasteiger partial charge < -0.3 is 4.90 Å². The number of halogens is 3. The molecule has 0 atom stereocenters. The Bertz CT molecular complexity index is 463. The lowest BCUT2D eigenvalue weighted by atomic mass is 10.1. The fourth-order valence-corrected chi connectivity index (χ4v) is 1.48. The largest absolute Gasteiger partial charge is 0.416 e. The summed E-state index contributed by atoms with van der Waals surface area (Å²) in [4.78, 5) is 10.9. The van der Waals surface area contributed by atoms with Gasteiger partial charge in [0.15, 0.2) is 0 Å². The summed E-state index contributed by atoms with van der Waals surface area (Å²) in [6, 6.07) is 4.68. The molecule has 19 heavy (non-hydrogen) atoms. The third kappa shape index (κ3) is 4.94. The van der Waals surface area contributed by atoms with E-state index in [2.05, 4.69) is 0 Å². The number of benzene rings is 1. The van der Waals surface area contributed by atoms with Crippen molar-refractivity contribution < 1.29 is 18.1 Å². The van der Waals surface area contributed by atoms with Gasteiger partial charge in [-0.05, 0) is 17.7 Å². The third-order valence-electron chi connectivity index (χ3n) is 2.39. The monoisotopic (exact) mass is 275 g/mol. The molecule has 0 bridgehead atoms. The molecule has 5 nitrogen and oxygen atoms in total. The molecule has 0 saturated carbocycles. The summed E-state index contributed by atoms with van der Waals surface area (Å²) in [5.41, 5.74) is -0.425. The minimum Gasteiger partial charge on any atom is -0.352 e. The molecule has 0 aromatic heterocycles. The van der Waals surface area contributed by atoms with Gasteiger partial charge in [0.2, 0.25) is 6.54 Å². The topological polar surface area (TPSA) is 70.2 Å². The summed E-state index contributed by atoms with van der Waals surface area (Å²) in [6.07, 6.45) is -3.55. The highest BCUT2D eigenvalue weighted by molar-refractivity contribution is 5.50. The van der Waals surface area contributed by atoms with Crippen molar-refractivity contribution in [1.29, 1.82) is 5.41 Å². The van der Waals surface area contributed by atoms with Crippen LogP contribution in [-0.2, 0) is 12.7 Å². The van der Waals surface area contributed by atoms with Gasteiger partial charge in [0.05, 0.1) is 18.4 Å². The zero-order valence-corrected chi connectivity index (χ0v) is 9.85. The number of alkyl halides is 3. The fourth-order valence-electron chi connectivity index (χ4n) is 1.48. The summed E-state index contributed by atoms with van der Waals surface area (Å²) < 4.78 is 37.5. The van der Waals surface area contributed by atoms with Crippen molar-refractivity contribution in [3.05, 3.63) is 45.5 Å². The molecule has 0 aliphatic heterocycles. The van der Waals surface area contributed by atoms with Crippen LogP contribution in [-0.4, -0.2) is 29.3 Å². The zero-order chi connectivity index (χ0) is 14.5. The lowest BCUT2D eigenvalue weighted by molar-refractivity contribution is -0.479. The van der Waals surface area contributed by atoms with E-state index in [-0.39, 0.29) is 19.6 Å². The predicted molar refractivity (Wildman–Crippen MR) is 62.5 cm³/mol. The maximum absolute atomic E-state index is 12.5. The van der Waals surface area contributed by atoms with Crippen LogP contribution in [0.5, 0.6) is 0 Å². The molecule has 0 spiro atoms. The SMILES string of the molecule is N=CN(CC[N+](=O)[O-])Cc1cccc(C(F)(F)F)c1. The minimum atomic E-state index is -4.42. The third-order valence-corrected chi connectivity index (χ3v) is 2.39. The van der Waals surface area contributed by atoms with Gasteiger partial charge in [-0.2, -0.15) is 13.2 Å². The molecule has 1 aromatic carbocycles. The van der Waals surface area contributed by atoms with Gasteiger partial charge in [0.1, 0.15) is 0 Å². The van der Waals surface area contributed by atoms with E-state index in [1.54, 1.807) is 0 Å². The highest BCUT2D eigenvalue weighted by Crippen LogP contribution is 2.29. The Morgan fingerprint density at radius 1 is 1.42 bits per heavy atom. The molecule has 104 valence electrons. The fraction of sp³-hybridized carbons (Fsp3) is 0.364. The zero-order valence-electron chi connectivity index (χ0n) is 9.85. The predicted octanol–water partition coefficient (Wildman–Crippen LogP) is 2.39. The smallest absolute Gasteiger partial charge is 0.352 e. The van der Waals surface area contributed by atoms with Crippen molar-refractivity contribution in [3.8, 4) is 0 Å². The van der Waals surface area contributed by atoms with Crippen molar-refractivity contribution in [2.24, 2.45) is 0 Å². The molecule has 0 amide bonds. The summed E-state index contributed by atoms with van der Waals surface area (Å²) in [5.74, 6) is 0. The standard InChI is InChI=1S/C11H12F3N3O2/c12-11(13,14)10-3-1-2-9(6-10)7-16(8-15)4-5-17(18)19/h1-3,6,8,15H,4-5,7H2. The van der Waals surface area contributed by atoms with Crippen LogP contribution in [0.4, 0.5) is 13.2 Å². The second-order valence-electron chi connectivity index (χ2n) is 3.85. The van der Waals surface area contributed by atoms with Gasteiger partial charge >= 0.3 is 6.18 Å². The Morgan fingerprint density at radius 2 is 2.11 bits per heavy atom. The molecule has 0 heterocycles. The average molecular weight is 275 g/mol. The maximum atomic E-state index is 12.5. The summed E-state index contributed by atoms with van der Waals surface area (Å²) in [5, 5.41) is 17.3. The Labute approximate surface area is 107 Å². The highest BCUT2D eigenvalue weighted by atomic mass is 19.4. The van der Waals surface area contributed by atoms with Crippen molar-refractivity contribution >= 4 is 6.34 Å². The number of hydrogen-bond donors (Lipinski definition) is 1. The van der Waals surface area contributed by atoms with Crippen LogP contribution >= 0.6 is 0 Å². The van der Waals surface area contributed by atoms with Crippen LogP contribution in [0.15, 0.2) is 24.3 Å². The van der Waals surface area contributed by atoms with Crippen LogP contribution < -0.4 is 0 Å². The Kier molecular flexibility index (Phi) is 4.85. The second-order valence-corrected chi connectivity index (χ2v) is 3.85. The molecule has 0 aliphatic carbocycles. The Hall–Kier alpha value is -2.12. The lowest BCUT2D eigenvalue weighted by Gasteiger charge is -2.17. The van der Waals surface area contributed by atoms with Gasteiger partial charge in [-0.25, -0.2) is 0 Å². The first-order valence-corrected chi connectivity index (χ1v) is 5.35. The minimum absolute atomic E-state index is 0.0211. The van der Waals surface area contributed by atoms with Crippen LogP contribution in [0.3, 0.4) is 0 Å². The van der Waals surface area contributed by atoms with Gasteiger partial charge in [-0.15, -0.1) is 0 Å². The van der Waals surface area contributed by atoms with Crippen LogP contribution in [0.25, 0.3) is 0 Å². The number of nitrogens with zero attached hydrogens (tertiary/aromatic N) is 2. The van der Waals surface area contributed by atoms with Crippen LogP contribution in [0.1, 0.15) is 11.1 Å². The number of hydrogen-bond acceptors (Lipinski definition) is 3. The first kappa shape index (κ1) is 14.9. The van der Waals surface area contributed by atoms with E-state index in [0.717, 1.165) is 18.5 Å². The van der Waals surface area contributed by atoms with Crippen molar-refractivity contribution in [2.45, 2.75) is 12.7 Å². The Morgan fingerprint density at radius 3 is 2.63 bits per heavy atom. The number of nitrogens with one attached hydrogen (secondary N) is 1. The van der Waals surface area contributed by atoms with E-state index in [4.69, 9.17) is 5.41 Å². The summed E-state index contributed by atoms with van der Waals surface area (Å²) in [6.45, 7) is -0.359. The van der Waals surface area contributed by atoms with Crippen LogP contribution in [0, 0.1) is 15.5 Å². The number of nitro groups is 1. The average Bonchev–Trinajstić information content (AvgIpc) is 2.33. The van der Waals surface area contributed by atoms with E-state index >= 15 is 0 Å². The van der Waals surface area contributed by atoms with Gasteiger partial charge in [0.25, 0.3) is 0 Å². The first-order chi connectivity index (χ1) is 8.82. The molecule has 1 rings (SSSR count). The number of rotatable bonds is 6. The molecule has 0 fully saturated rings. The molecule has 1 aromatic rings. The quantitative estimate of drug-likeness (QED) is 0.375. The summed E-state index contributed by atoms with van der Waals surface area (Å²) >= 11 is 0. The van der Waals surface area contributed by atoms with Crippen molar-refractivity contribution in [2.75, 3.05) is 13.1 Å². The van der Waals surface area contributed by atoms with E-state index in [9.17, 15) is 23.3 Å². The van der Waals surface area contributed by atoms with E-state index in [0.29, 0.717) is 5.56 Å². The van der Waals surface area contributed by atoms with Crippen LogP contribution in [0.2, 0.25) is 0 Å². The molecule has 8 heteroatoms. The van der Waals surface area contributed by atoms with Crippen molar-refractivity contribution in [3.63, 3.8) is 0 Å². The van der Waals surface area contributed by atoms with E-state index in [1.807, 2.05) is 0 Å². The first-order valence-electron chi connectivity index (χ1n) is 5.35. The molecule has 0 radical (unpaired) electrons. The Balaban J connectivity index is 2.75. The highest BCUT2D eigenvalue weighted by Gasteiger charge is 2.30. The molecule has 1 N–H and O–H groups in total. The van der Waals surface area contributed by atoms with Gasteiger partial charge in [-0.3, -0.25) is 15.5 Å². The van der Waals surface area contributed by atoms with Gasteiger partial charge in [-0.1, -0.05) is 12.1 Å². The maximum Gasteiger partial charge on any atom is 0.416 e. The summed E-state index contributed by atoms with van der Waals surface area (Å²) in [7, 11) is 0. The van der Waals surface area contributed by atoms with Gasteiger partial charge in [0, 0.05) is 11.5 Å². The molecular weight excluding hydrogens is 263 g/mol. The second kappa shape index (κ2) is 6.17.